The second-order valence-corrected chi connectivity index (χ2v) is 9.98. The first-order chi connectivity index (χ1) is 13.6. The Hall–Kier alpha value is -2.68. The van der Waals surface area contributed by atoms with Crippen LogP contribution in [0.15, 0.2) is 53.4 Å². The van der Waals surface area contributed by atoms with Gasteiger partial charge in [-0.3, -0.25) is 9.59 Å². The molecule has 3 N–H and O–H groups in total. The van der Waals surface area contributed by atoms with E-state index in [1.54, 1.807) is 0 Å². The number of carbonyl (C=O) groups is 2. The molecule has 0 bridgehead atoms. The van der Waals surface area contributed by atoms with Crippen molar-refractivity contribution in [3.63, 3.8) is 0 Å². The zero-order valence-electron chi connectivity index (χ0n) is 15.5. The smallest absolute Gasteiger partial charge is 0.257 e. The summed E-state index contributed by atoms with van der Waals surface area (Å²) in [6.07, 6.45) is 1.04. The van der Waals surface area contributed by atoms with Gasteiger partial charge in [-0.15, -0.1) is 11.3 Å². The Morgan fingerprint density at radius 1 is 1.10 bits per heavy atom. The van der Waals surface area contributed by atoms with Crippen LogP contribution in [0.25, 0.3) is 11.1 Å². The van der Waals surface area contributed by atoms with Crippen LogP contribution in [0, 0.1) is 6.92 Å². The lowest BCUT2D eigenvalue weighted by Gasteiger charge is -2.09. The van der Waals surface area contributed by atoms with Crippen molar-refractivity contribution < 1.29 is 18.0 Å². The molecule has 3 rings (SSSR count). The van der Waals surface area contributed by atoms with Gasteiger partial charge in [0.1, 0.15) is 5.00 Å². The van der Waals surface area contributed by atoms with Crippen LogP contribution in [0.5, 0.6) is 0 Å². The molecule has 6 nitrogen and oxygen atoms in total. The van der Waals surface area contributed by atoms with Crippen molar-refractivity contribution in [1.29, 1.82) is 0 Å². The molecule has 150 valence electrons. The van der Waals surface area contributed by atoms with E-state index in [1.165, 1.54) is 29.5 Å². The molecule has 0 fully saturated rings. The van der Waals surface area contributed by atoms with Crippen molar-refractivity contribution in [2.75, 3.05) is 11.6 Å². The topological polar surface area (TPSA) is 106 Å². The number of hydrogen-bond acceptors (Lipinski definition) is 5. The van der Waals surface area contributed by atoms with Crippen LogP contribution < -0.4 is 11.1 Å². The number of aryl methyl sites for hydroxylation is 1. The number of halogens is 1. The van der Waals surface area contributed by atoms with Gasteiger partial charge in [0, 0.05) is 16.7 Å². The molecule has 0 aliphatic carbocycles. The zero-order valence-corrected chi connectivity index (χ0v) is 17.9. The normalized spacial score (nSPS) is 11.3. The van der Waals surface area contributed by atoms with E-state index in [0.29, 0.717) is 5.56 Å². The number of carbonyl (C=O) groups excluding carboxylic acids is 2. The number of primary amides is 1. The molecule has 9 heteroatoms. The summed E-state index contributed by atoms with van der Waals surface area (Å²) >= 11 is 7.31. The van der Waals surface area contributed by atoms with Crippen molar-refractivity contribution >= 4 is 49.6 Å². The van der Waals surface area contributed by atoms with Gasteiger partial charge in [-0.25, -0.2) is 8.42 Å². The summed E-state index contributed by atoms with van der Waals surface area (Å²) in [5.41, 5.74) is 7.23. The van der Waals surface area contributed by atoms with E-state index in [4.69, 9.17) is 17.3 Å². The van der Waals surface area contributed by atoms with Gasteiger partial charge in [0.25, 0.3) is 11.8 Å². The predicted molar refractivity (Wildman–Crippen MR) is 116 cm³/mol. The molecule has 2 aromatic carbocycles. The lowest BCUT2D eigenvalue weighted by Crippen LogP contribution is -2.18. The Morgan fingerprint density at radius 2 is 1.76 bits per heavy atom. The highest BCUT2D eigenvalue weighted by Crippen LogP contribution is 2.40. The number of rotatable bonds is 5. The molecule has 1 aromatic heterocycles. The minimum absolute atomic E-state index is 0.0164. The number of thiophene rings is 1. The number of hydrogen-bond donors (Lipinski definition) is 2. The minimum atomic E-state index is -3.52. The molecule has 0 radical (unpaired) electrons. The Bertz CT molecular complexity index is 1220. The summed E-state index contributed by atoms with van der Waals surface area (Å²) in [6, 6.07) is 13.1. The van der Waals surface area contributed by atoms with Crippen LogP contribution in [0.2, 0.25) is 5.02 Å². The first-order valence-corrected chi connectivity index (χ1v) is 11.5. The fraction of sp³-hybridized carbons (Fsp3) is 0.100. The maximum Gasteiger partial charge on any atom is 0.257 e. The molecular formula is C20H17ClN2O4S2. The molecule has 0 atom stereocenters. The summed E-state index contributed by atoms with van der Waals surface area (Å²) in [6.45, 7) is 1.83. The largest absolute Gasteiger partial charge is 0.365 e. The van der Waals surface area contributed by atoms with Crippen LogP contribution in [-0.2, 0) is 9.84 Å². The van der Waals surface area contributed by atoms with Gasteiger partial charge < -0.3 is 11.1 Å². The van der Waals surface area contributed by atoms with E-state index in [0.717, 1.165) is 16.7 Å². The van der Waals surface area contributed by atoms with E-state index < -0.39 is 21.7 Å². The van der Waals surface area contributed by atoms with E-state index in [1.807, 2.05) is 37.3 Å². The third kappa shape index (κ3) is 4.34. The van der Waals surface area contributed by atoms with Crippen molar-refractivity contribution in [2.45, 2.75) is 11.8 Å². The number of amides is 2. The number of sulfone groups is 1. The minimum Gasteiger partial charge on any atom is -0.365 e. The first kappa shape index (κ1) is 21.0. The van der Waals surface area contributed by atoms with Gasteiger partial charge in [0.05, 0.1) is 21.0 Å². The van der Waals surface area contributed by atoms with Gasteiger partial charge in [-0.2, -0.15) is 0 Å². The Balaban J connectivity index is 2.06. The highest BCUT2D eigenvalue weighted by atomic mass is 35.5. The lowest BCUT2D eigenvalue weighted by atomic mass is 10.0. The van der Waals surface area contributed by atoms with Crippen molar-refractivity contribution in [3.05, 3.63) is 69.6 Å². The van der Waals surface area contributed by atoms with Gasteiger partial charge >= 0.3 is 0 Å². The monoisotopic (exact) mass is 448 g/mol. The Morgan fingerprint density at radius 3 is 2.34 bits per heavy atom. The lowest BCUT2D eigenvalue weighted by molar-refractivity contribution is 0.100. The predicted octanol–water partition coefficient (Wildman–Crippen LogP) is 4.13. The summed E-state index contributed by atoms with van der Waals surface area (Å²) in [5, 5.41) is 3.03. The van der Waals surface area contributed by atoms with Crippen LogP contribution in [0.3, 0.4) is 0 Å². The van der Waals surface area contributed by atoms with Crippen molar-refractivity contribution in [1.82, 2.24) is 0 Å². The van der Waals surface area contributed by atoms with Crippen LogP contribution in [-0.4, -0.2) is 26.5 Å². The fourth-order valence-corrected chi connectivity index (χ4v) is 4.83. The quantitative estimate of drug-likeness (QED) is 0.611. The maximum absolute atomic E-state index is 12.8. The standard InChI is InChI=1S/C20H17ClN2O4S2/c1-11-16(12-6-4-3-5-7-12)17(18(22)24)20(28-11)23-19(25)14-10-13(29(2,26)27)8-9-15(14)21/h3-10H,1-2H3,(H2,22,24)(H,23,25). The molecule has 0 unspecified atom stereocenters. The average molecular weight is 449 g/mol. The number of nitrogens with one attached hydrogen (secondary N) is 1. The van der Waals surface area contributed by atoms with E-state index in [9.17, 15) is 18.0 Å². The molecule has 0 saturated heterocycles. The van der Waals surface area contributed by atoms with Crippen LogP contribution >= 0.6 is 22.9 Å². The molecule has 3 aromatic rings. The Kier molecular flexibility index (Phi) is 5.79. The molecule has 0 aliphatic heterocycles. The SMILES string of the molecule is Cc1sc(NC(=O)c2cc(S(C)(=O)=O)ccc2Cl)c(C(N)=O)c1-c1ccccc1. The van der Waals surface area contributed by atoms with Gasteiger partial charge in [-0.05, 0) is 30.7 Å². The molecule has 1 heterocycles. The third-order valence-corrected chi connectivity index (χ3v) is 6.69. The first-order valence-electron chi connectivity index (χ1n) is 8.39. The third-order valence-electron chi connectivity index (χ3n) is 4.23. The molecule has 0 aliphatic rings. The van der Waals surface area contributed by atoms with Gasteiger partial charge in [0.2, 0.25) is 0 Å². The van der Waals surface area contributed by atoms with Crippen LogP contribution in [0.4, 0.5) is 5.00 Å². The maximum atomic E-state index is 12.8. The van der Waals surface area contributed by atoms with E-state index in [-0.39, 0.29) is 26.0 Å². The summed E-state index contributed by atoms with van der Waals surface area (Å²) in [4.78, 5) is 25.8. The molecule has 2 amide bonds. The fourth-order valence-electron chi connectivity index (χ4n) is 2.90. The molecule has 0 saturated carbocycles. The van der Waals surface area contributed by atoms with Crippen molar-refractivity contribution in [3.8, 4) is 11.1 Å². The number of nitrogens with two attached hydrogens (primary N) is 1. The molecular weight excluding hydrogens is 432 g/mol. The van der Waals surface area contributed by atoms with E-state index in [2.05, 4.69) is 5.32 Å². The van der Waals surface area contributed by atoms with Gasteiger partial charge in [0.15, 0.2) is 9.84 Å². The highest BCUT2D eigenvalue weighted by Gasteiger charge is 2.24. The molecule has 0 spiro atoms. The average Bonchev–Trinajstić information content (AvgIpc) is 2.97. The highest BCUT2D eigenvalue weighted by molar-refractivity contribution is 7.90. The second kappa shape index (κ2) is 7.98. The summed E-state index contributed by atoms with van der Waals surface area (Å²) < 4.78 is 23.6. The van der Waals surface area contributed by atoms with Crippen molar-refractivity contribution in [2.24, 2.45) is 5.73 Å². The number of anilines is 1. The summed E-state index contributed by atoms with van der Waals surface area (Å²) in [5.74, 6) is -1.32. The van der Waals surface area contributed by atoms with Gasteiger partial charge in [-0.1, -0.05) is 41.9 Å². The second-order valence-electron chi connectivity index (χ2n) is 6.34. The number of benzene rings is 2. The Labute approximate surface area is 177 Å². The molecule has 29 heavy (non-hydrogen) atoms. The summed E-state index contributed by atoms with van der Waals surface area (Å²) in [7, 11) is -3.52. The van der Waals surface area contributed by atoms with E-state index >= 15 is 0 Å². The van der Waals surface area contributed by atoms with Crippen LogP contribution in [0.1, 0.15) is 25.6 Å². The zero-order chi connectivity index (χ0) is 21.3.